The van der Waals surface area contributed by atoms with Gasteiger partial charge < -0.3 is 10.6 Å². The molecule has 112 valence electrons. The van der Waals surface area contributed by atoms with Gasteiger partial charge in [-0.3, -0.25) is 4.79 Å². The van der Waals surface area contributed by atoms with Gasteiger partial charge in [-0.25, -0.2) is 0 Å². The van der Waals surface area contributed by atoms with Gasteiger partial charge in [0.25, 0.3) is 0 Å². The topological polar surface area (TPSA) is 66.9 Å². The number of anilines is 1. The summed E-state index contributed by atoms with van der Waals surface area (Å²) in [6.45, 7) is 3.39. The monoisotopic (exact) mass is 330 g/mol. The molecule has 0 bridgehead atoms. The highest BCUT2D eigenvalue weighted by molar-refractivity contribution is 7.17. The second kappa shape index (κ2) is 5.42. The quantitative estimate of drug-likeness (QED) is 0.758. The first-order valence-corrected chi connectivity index (χ1v) is 8.62. The number of nitrogens with zero attached hydrogens (tertiary/aromatic N) is 2. The minimum Gasteiger partial charge on any atom is -0.317 e. The number of thiophene rings is 1. The zero-order valence-corrected chi connectivity index (χ0v) is 13.6. The molecular weight excluding hydrogens is 316 g/mol. The molecule has 1 aromatic carbocycles. The average molecular weight is 330 g/mol. The normalized spacial score (nSPS) is 14.0. The summed E-state index contributed by atoms with van der Waals surface area (Å²) in [4.78, 5) is 12.8. The number of amides is 1. The van der Waals surface area contributed by atoms with E-state index >= 15 is 0 Å². The minimum atomic E-state index is -0.0378. The van der Waals surface area contributed by atoms with Gasteiger partial charge in [-0.2, -0.15) is 8.75 Å². The Bertz CT molecular complexity index is 868. The fourth-order valence-corrected chi connectivity index (χ4v) is 4.63. The third-order valence-electron chi connectivity index (χ3n) is 3.76. The Morgan fingerprint density at radius 2 is 2.18 bits per heavy atom. The first kappa shape index (κ1) is 13.8. The van der Waals surface area contributed by atoms with Crippen molar-refractivity contribution in [2.75, 3.05) is 11.9 Å². The SMILES string of the molecule is CC(=O)Nc1sc2c(c1-c1ccc3nsnc3c1)CCNC2. The number of carbonyl (C=O) groups excluding carboxylic acids is 1. The summed E-state index contributed by atoms with van der Waals surface area (Å²) in [6.07, 6.45) is 0.980. The van der Waals surface area contributed by atoms with Crippen LogP contribution in [0, 0.1) is 0 Å². The van der Waals surface area contributed by atoms with E-state index in [1.165, 1.54) is 22.2 Å². The van der Waals surface area contributed by atoms with Gasteiger partial charge in [0.15, 0.2) is 0 Å². The molecule has 0 aliphatic carbocycles. The smallest absolute Gasteiger partial charge is 0.221 e. The first-order valence-electron chi connectivity index (χ1n) is 7.08. The van der Waals surface area contributed by atoms with E-state index in [2.05, 4.69) is 31.5 Å². The van der Waals surface area contributed by atoms with Crippen molar-refractivity contribution < 1.29 is 4.79 Å². The van der Waals surface area contributed by atoms with Crippen molar-refractivity contribution in [2.45, 2.75) is 19.9 Å². The predicted molar refractivity (Wildman–Crippen MR) is 90.4 cm³/mol. The third kappa shape index (κ3) is 2.31. The van der Waals surface area contributed by atoms with Crippen LogP contribution in [0.1, 0.15) is 17.4 Å². The van der Waals surface area contributed by atoms with E-state index in [9.17, 15) is 4.79 Å². The summed E-state index contributed by atoms with van der Waals surface area (Å²) in [5.74, 6) is -0.0378. The van der Waals surface area contributed by atoms with Crippen molar-refractivity contribution >= 4 is 45.0 Å². The van der Waals surface area contributed by atoms with Gasteiger partial charge in [-0.1, -0.05) is 6.07 Å². The van der Waals surface area contributed by atoms with Crippen molar-refractivity contribution in [1.29, 1.82) is 0 Å². The Balaban J connectivity index is 1.90. The fraction of sp³-hybridized carbons (Fsp3) is 0.267. The van der Waals surface area contributed by atoms with E-state index in [1.807, 2.05) is 6.07 Å². The maximum Gasteiger partial charge on any atom is 0.221 e. The Morgan fingerprint density at radius 3 is 3.05 bits per heavy atom. The van der Waals surface area contributed by atoms with Crippen molar-refractivity contribution in [2.24, 2.45) is 0 Å². The van der Waals surface area contributed by atoms with Gasteiger partial charge in [0.2, 0.25) is 5.91 Å². The molecule has 0 spiro atoms. The number of rotatable bonds is 2. The van der Waals surface area contributed by atoms with Crippen molar-refractivity contribution in [3.63, 3.8) is 0 Å². The molecule has 0 unspecified atom stereocenters. The van der Waals surface area contributed by atoms with Gasteiger partial charge in [0.05, 0.1) is 11.7 Å². The first-order chi connectivity index (χ1) is 10.7. The Morgan fingerprint density at radius 1 is 1.32 bits per heavy atom. The molecule has 1 aliphatic rings. The van der Waals surface area contributed by atoms with Gasteiger partial charge >= 0.3 is 0 Å². The Kier molecular flexibility index (Phi) is 3.40. The summed E-state index contributed by atoms with van der Waals surface area (Å²) in [6, 6.07) is 6.13. The van der Waals surface area contributed by atoms with E-state index in [4.69, 9.17) is 0 Å². The van der Waals surface area contributed by atoms with Crippen molar-refractivity contribution in [1.82, 2.24) is 14.1 Å². The summed E-state index contributed by atoms with van der Waals surface area (Å²) in [7, 11) is 0. The number of hydrogen-bond acceptors (Lipinski definition) is 6. The van der Waals surface area contributed by atoms with Crippen LogP contribution in [0.5, 0.6) is 0 Å². The van der Waals surface area contributed by atoms with E-state index < -0.39 is 0 Å². The molecule has 0 saturated carbocycles. The lowest BCUT2D eigenvalue weighted by Crippen LogP contribution is -2.22. The largest absolute Gasteiger partial charge is 0.317 e. The van der Waals surface area contributed by atoms with Crippen LogP contribution in [0.25, 0.3) is 22.2 Å². The maximum absolute atomic E-state index is 11.5. The van der Waals surface area contributed by atoms with Crippen LogP contribution in [-0.2, 0) is 17.8 Å². The number of hydrogen-bond donors (Lipinski definition) is 2. The molecule has 0 atom stereocenters. The van der Waals surface area contributed by atoms with E-state index in [-0.39, 0.29) is 5.91 Å². The lowest BCUT2D eigenvalue weighted by molar-refractivity contribution is -0.114. The molecule has 4 rings (SSSR count). The molecule has 2 N–H and O–H groups in total. The molecule has 0 fully saturated rings. The standard InChI is InChI=1S/C15H14N4OS2/c1-8(20)17-15-14(10-4-5-16-7-13(10)21-15)9-2-3-11-12(6-9)19-22-18-11/h2-3,6,16H,4-5,7H2,1H3,(H,17,20). The van der Waals surface area contributed by atoms with Crippen LogP contribution >= 0.6 is 23.1 Å². The summed E-state index contributed by atoms with van der Waals surface area (Å²) < 4.78 is 8.58. The minimum absolute atomic E-state index is 0.0378. The van der Waals surface area contributed by atoms with Crippen molar-refractivity contribution in [3.05, 3.63) is 28.6 Å². The lowest BCUT2D eigenvalue weighted by Gasteiger charge is -2.14. The molecule has 3 aromatic rings. The maximum atomic E-state index is 11.5. The molecule has 1 aliphatic heterocycles. The molecule has 3 heterocycles. The number of carbonyl (C=O) groups is 1. The average Bonchev–Trinajstić information content (AvgIpc) is 3.09. The third-order valence-corrected chi connectivity index (χ3v) is 5.46. The van der Waals surface area contributed by atoms with Crippen LogP contribution in [0.15, 0.2) is 18.2 Å². The number of nitrogens with one attached hydrogen (secondary N) is 2. The van der Waals surface area contributed by atoms with Crippen LogP contribution in [-0.4, -0.2) is 21.2 Å². The summed E-state index contributed by atoms with van der Waals surface area (Å²) in [5.41, 5.74) is 5.41. The fourth-order valence-electron chi connectivity index (χ4n) is 2.83. The summed E-state index contributed by atoms with van der Waals surface area (Å²) in [5, 5.41) is 7.31. The number of aromatic nitrogens is 2. The zero-order valence-electron chi connectivity index (χ0n) is 12.0. The van der Waals surface area contributed by atoms with Gasteiger partial charge in [0, 0.05) is 23.9 Å². The highest BCUT2D eigenvalue weighted by Crippen LogP contribution is 2.42. The summed E-state index contributed by atoms with van der Waals surface area (Å²) >= 11 is 2.89. The van der Waals surface area contributed by atoms with E-state index in [0.717, 1.165) is 46.7 Å². The van der Waals surface area contributed by atoms with Crippen LogP contribution in [0.2, 0.25) is 0 Å². The second-order valence-corrected chi connectivity index (χ2v) is 6.92. The van der Waals surface area contributed by atoms with Gasteiger partial charge in [-0.15, -0.1) is 11.3 Å². The van der Waals surface area contributed by atoms with Crippen LogP contribution < -0.4 is 10.6 Å². The Hall–Kier alpha value is -1.83. The number of benzene rings is 1. The molecule has 5 nitrogen and oxygen atoms in total. The molecule has 0 saturated heterocycles. The van der Waals surface area contributed by atoms with Gasteiger partial charge in [0.1, 0.15) is 16.0 Å². The molecule has 2 aromatic heterocycles. The zero-order chi connectivity index (χ0) is 15.1. The second-order valence-electron chi connectivity index (χ2n) is 5.28. The molecule has 0 radical (unpaired) electrons. The van der Waals surface area contributed by atoms with Crippen molar-refractivity contribution in [3.8, 4) is 11.1 Å². The highest BCUT2D eigenvalue weighted by Gasteiger charge is 2.22. The van der Waals surface area contributed by atoms with E-state index in [1.54, 1.807) is 18.3 Å². The van der Waals surface area contributed by atoms with Gasteiger partial charge in [-0.05, 0) is 36.2 Å². The highest BCUT2D eigenvalue weighted by atomic mass is 32.1. The molecule has 7 heteroatoms. The molecular formula is C15H14N4OS2. The van der Waals surface area contributed by atoms with Crippen LogP contribution in [0.4, 0.5) is 5.00 Å². The van der Waals surface area contributed by atoms with E-state index in [0.29, 0.717) is 0 Å². The Labute approximate surface area is 135 Å². The lowest BCUT2D eigenvalue weighted by atomic mass is 9.97. The molecule has 22 heavy (non-hydrogen) atoms. The predicted octanol–water partition coefficient (Wildman–Crippen LogP) is 3.02. The van der Waals surface area contributed by atoms with Crippen LogP contribution in [0.3, 0.4) is 0 Å². The number of fused-ring (bicyclic) bond motifs is 2. The molecule has 1 amide bonds.